The highest BCUT2D eigenvalue weighted by atomic mass is 32.2. The van der Waals surface area contributed by atoms with Gasteiger partial charge in [0.2, 0.25) is 0 Å². The first-order valence-corrected chi connectivity index (χ1v) is 10.6. The lowest BCUT2D eigenvalue weighted by Crippen LogP contribution is -2.48. The summed E-state index contributed by atoms with van der Waals surface area (Å²) in [6, 6.07) is 18.1. The summed E-state index contributed by atoms with van der Waals surface area (Å²) >= 11 is -0.223. The second-order valence-corrected chi connectivity index (χ2v) is 8.23. The van der Waals surface area contributed by atoms with Gasteiger partial charge in [-0.1, -0.05) is 18.2 Å². The average molecular weight is 487 g/mol. The molecule has 0 amide bonds. The monoisotopic (exact) mass is 487 g/mol. The molecule has 174 valence electrons. The largest absolute Gasteiger partial charge is 0.457 e. The predicted octanol–water partition coefficient (Wildman–Crippen LogP) is 4.39. The highest BCUT2D eigenvalue weighted by molar-refractivity contribution is 8.00. The first-order valence-electron chi connectivity index (χ1n) is 9.81. The third kappa shape index (κ3) is 4.99. The number of halogens is 3. The van der Waals surface area contributed by atoms with Gasteiger partial charge < -0.3 is 4.74 Å². The molecular formula is C23H16F3N3O4S. The van der Waals surface area contributed by atoms with E-state index in [1.54, 1.807) is 37.3 Å². The minimum Gasteiger partial charge on any atom is -0.457 e. The van der Waals surface area contributed by atoms with Crippen molar-refractivity contribution in [2.24, 2.45) is 0 Å². The summed E-state index contributed by atoms with van der Waals surface area (Å²) < 4.78 is 44.9. The number of hydrogen-bond acceptors (Lipinski definition) is 5. The third-order valence-corrected chi connectivity index (χ3v) is 5.46. The molecule has 0 unspecified atom stereocenters. The zero-order valence-electron chi connectivity index (χ0n) is 17.5. The smallest absolute Gasteiger partial charge is 0.446 e. The first-order chi connectivity index (χ1) is 16.1. The minimum atomic E-state index is -4.38. The molecule has 3 aromatic carbocycles. The number of H-pyrrole nitrogens is 1. The maximum Gasteiger partial charge on any atom is 0.446 e. The molecule has 11 heteroatoms. The molecule has 4 rings (SSSR count). The number of benzene rings is 3. The minimum absolute atomic E-state index is 0.0269. The van der Waals surface area contributed by atoms with Crippen molar-refractivity contribution in [3.05, 3.63) is 110 Å². The van der Waals surface area contributed by atoms with E-state index in [4.69, 9.17) is 4.74 Å². The Morgan fingerprint density at radius 3 is 2.03 bits per heavy atom. The van der Waals surface area contributed by atoms with Crippen LogP contribution in [0.4, 0.5) is 13.2 Å². The number of aryl methyl sites for hydroxylation is 1. The Morgan fingerprint density at radius 2 is 1.44 bits per heavy atom. The van der Waals surface area contributed by atoms with Crippen LogP contribution in [0.2, 0.25) is 0 Å². The van der Waals surface area contributed by atoms with Crippen LogP contribution in [0.25, 0.3) is 11.4 Å². The van der Waals surface area contributed by atoms with Crippen LogP contribution in [-0.2, 0) is 0 Å². The van der Waals surface area contributed by atoms with Gasteiger partial charge in [0.25, 0.3) is 0 Å². The molecule has 0 aliphatic rings. The summed E-state index contributed by atoms with van der Waals surface area (Å²) in [6.07, 6.45) is 0. The van der Waals surface area contributed by atoms with Crippen LogP contribution in [0.1, 0.15) is 5.56 Å². The lowest BCUT2D eigenvalue weighted by atomic mass is 10.2. The normalized spacial score (nSPS) is 11.4. The van der Waals surface area contributed by atoms with E-state index in [2.05, 4.69) is 4.98 Å². The molecule has 7 nitrogen and oxygen atoms in total. The van der Waals surface area contributed by atoms with Gasteiger partial charge >= 0.3 is 22.6 Å². The molecule has 0 bridgehead atoms. The van der Waals surface area contributed by atoms with Crippen LogP contribution in [0.5, 0.6) is 11.5 Å². The van der Waals surface area contributed by atoms with Gasteiger partial charge in [0.05, 0.1) is 11.4 Å². The number of aromatic nitrogens is 3. The van der Waals surface area contributed by atoms with E-state index >= 15 is 0 Å². The van der Waals surface area contributed by atoms with Crippen LogP contribution < -0.4 is 21.8 Å². The number of rotatable bonds is 5. The average Bonchev–Trinajstić information content (AvgIpc) is 2.76. The van der Waals surface area contributed by atoms with Gasteiger partial charge in [-0.05, 0) is 78.8 Å². The van der Waals surface area contributed by atoms with Crippen molar-refractivity contribution in [1.29, 1.82) is 0 Å². The Kier molecular flexibility index (Phi) is 6.20. The van der Waals surface area contributed by atoms with Crippen LogP contribution in [0.3, 0.4) is 0 Å². The van der Waals surface area contributed by atoms with Gasteiger partial charge in [-0.15, -0.1) is 0 Å². The van der Waals surface area contributed by atoms with Crippen LogP contribution in [0.15, 0.2) is 92.1 Å². The molecule has 4 aromatic rings. The maximum absolute atomic E-state index is 13.0. The summed E-state index contributed by atoms with van der Waals surface area (Å²) in [7, 11) is 0. The van der Waals surface area contributed by atoms with Crippen molar-refractivity contribution in [3.63, 3.8) is 0 Å². The van der Waals surface area contributed by atoms with Gasteiger partial charge in [-0.3, -0.25) is 4.98 Å². The van der Waals surface area contributed by atoms with E-state index < -0.39 is 22.6 Å². The molecule has 1 heterocycles. The SMILES string of the molecule is Cc1cc(-n2c(=O)[nH]c(=O)n(-c3ccccc3)c2=O)ccc1Oc1ccc(SC(F)(F)F)cc1. The van der Waals surface area contributed by atoms with Gasteiger partial charge in [0.15, 0.2) is 0 Å². The molecule has 0 atom stereocenters. The van der Waals surface area contributed by atoms with Crippen LogP contribution in [0, 0.1) is 6.92 Å². The maximum atomic E-state index is 13.0. The molecule has 1 N–H and O–H groups in total. The topological polar surface area (TPSA) is 86.1 Å². The van der Waals surface area contributed by atoms with E-state index in [1.165, 1.54) is 42.5 Å². The Balaban J connectivity index is 1.66. The lowest BCUT2D eigenvalue weighted by Gasteiger charge is -2.13. The fourth-order valence-corrected chi connectivity index (χ4v) is 3.77. The second-order valence-electron chi connectivity index (χ2n) is 7.10. The molecule has 0 fully saturated rings. The van der Waals surface area contributed by atoms with E-state index in [1.807, 2.05) is 0 Å². The van der Waals surface area contributed by atoms with Crippen molar-refractivity contribution >= 4 is 11.8 Å². The number of ether oxygens (including phenoxy) is 1. The molecule has 1 aromatic heterocycles. The van der Waals surface area contributed by atoms with Crippen molar-refractivity contribution < 1.29 is 17.9 Å². The molecule has 0 saturated heterocycles. The van der Waals surface area contributed by atoms with E-state index in [0.717, 1.165) is 9.13 Å². The number of para-hydroxylation sites is 1. The molecule has 0 radical (unpaired) electrons. The number of hydrogen-bond donors (Lipinski definition) is 1. The Hall–Kier alpha value is -3.99. The molecule has 34 heavy (non-hydrogen) atoms. The fraction of sp³-hybridized carbons (Fsp3) is 0.0870. The van der Waals surface area contributed by atoms with Gasteiger partial charge in [-0.25, -0.2) is 23.5 Å². The Labute approximate surface area is 194 Å². The van der Waals surface area contributed by atoms with E-state index in [0.29, 0.717) is 22.7 Å². The summed E-state index contributed by atoms with van der Waals surface area (Å²) in [5.41, 5.74) is -5.92. The molecular weight excluding hydrogens is 471 g/mol. The highest BCUT2D eigenvalue weighted by Gasteiger charge is 2.29. The molecule has 0 aliphatic carbocycles. The number of thioether (sulfide) groups is 1. The number of nitrogens with zero attached hydrogens (tertiary/aromatic N) is 2. The van der Waals surface area contributed by atoms with Gasteiger partial charge in [0, 0.05) is 4.90 Å². The molecule has 0 saturated carbocycles. The lowest BCUT2D eigenvalue weighted by molar-refractivity contribution is -0.0328. The van der Waals surface area contributed by atoms with Gasteiger partial charge in [0.1, 0.15) is 11.5 Å². The molecule has 0 aliphatic heterocycles. The number of alkyl halides is 3. The highest BCUT2D eigenvalue weighted by Crippen LogP contribution is 2.37. The summed E-state index contributed by atoms with van der Waals surface area (Å²) in [5, 5.41) is 0. The standard InChI is InChI=1S/C23H16F3N3O4S/c1-14-13-16(7-12-19(14)33-17-8-10-18(11-9-17)34-23(24,25)26)29-21(31)27-20(30)28(22(29)32)15-5-3-2-4-6-15/h2-13H,1H3,(H,27,30,31). The Morgan fingerprint density at radius 1 is 0.824 bits per heavy atom. The number of aromatic amines is 1. The van der Waals surface area contributed by atoms with Crippen molar-refractivity contribution in [2.75, 3.05) is 0 Å². The second kappa shape index (κ2) is 9.10. The first kappa shape index (κ1) is 23.2. The summed E-state index contributed by atoms with van der Waals surface area (Å²) in [6.45, 7) is 1.68. The molecule has 0 spiro atoms. The Bertz CT molecular complexity index is 1510. The van der Waals surface area contributed by atoms with E-state index in [-0.39, 0.29) is 22.3 Å². The van der Waals surface area contributed by atoms with Crippen LogP contribution in [-0.4, -0.2) is 19.6 Å². The van der Waals surface area contributed by atoms with Crippen molar-refractivity contribution in [2.45, 2.75) is 17.3 Å². The van der Waals surface area contributed by atoms with Crippen molar-refractivity contribution in [3.8, 4) is 22.9 Å². The quantitative estimate of drug-likeness (QED) is 0.422. The zero-order chi connectivity index (χ0) is 24.5. The third-order valence-electron chi connectivity index (χ3n) is 4.72. The van der Waals surface area contributed by atoms with E-state index in [9.17, 15) is 27.6 Å². The summed E-state index contributed by atoms with van der Waals surface area (Å²) in [5.74, 6) is 0.691. The fourth-order valence-electron chi connectivity index (χ4n) is 3.23. The van der Waals surface area contributed by atoms with Crippen LogP contribution >= 0.6 is 11.8 Å². The summed E-state index contributed by atoms with van der Waals surface area (Å²) in [4.78, 5) is 39.9. The number of nitrogens with one attached hydrogen (secondary N) is 1. The van der Waals surface area contributed by atoms with Crippen molar-refractivity contribution in [1.82, 2.24) is 14.1 Å². The zero-order valence-corrected chi connectivity index (χ0v) is 18.3. The predicted molar refractivity (Wildman–Crippen MR) is 121 cm³/mol. The van der Waals surface area contributed by atoms with Gasteiger partial charge in [-0.2, -0.15) is 13.2 Å².